The van der Waals surface area contributed by atoms with E-state index in [2.05, 4.69) is 108 Å². The van der Waals surface area contributed by atoms with Crippen molar-refractivity contribution in [3.63, 3.8) is 0 Å². The minimum absolute atomic E-state index is 0.121. The van der Waals surface area contributed by atoms with Crippen molar-refractivity contribution >= 4 is 49.8 Å². The zero-order chi connectivity index (χ0) is 40.0. The van der Waals surface area contributed by atoms with E-state index in [1.54, 1.807) is 35.2 Å². The van der Waals surface area contributed by atoms with E-state index in [-0.39, 0.29) is 22.3 Å². The molecule has 0 unspecified atom stereocenters. The monoisotopic (exact) mass is 793 g/mol. The molecule has 14 nitrogen and oxygen atoms in total. The lowest BCUT2D eigenvalue weighted by Gasteiger charge is -2.44. The average Bonchev–Trinajstić information content (AvgIpc) is 3.62. The molecule has 53 heavy (non-hydrogen) atoms. The number of nitrogen functional groups attached to an aromatic ring is 1. The minimum Gasteiger partial charge on any atom is -0.408 e. The predicted molar refractivity (Wildman–Crippen MR) is 214 cm³/mol. The van der Waals surface area contributed by atoms with E-state index in [1.807, 2.05) is 10.8 Å². The molecule has 1 aliphatic heterocycles. The highest BCUT2D eigenvalue weighted by molar-refractivity contribution is 7.85. The number of aromatic nitrogens is 4. The standard InChI is InChI=1S/C30H48N6O7SSi2.C6H15N/c1-29(2,3)45(7,8)42-24-21(17-40-44(38,39)35-22(37)16-20-14-12-11-13-15-20)41-28(25(24)43-46(9,10)30(4,5)6)36-19-34-23-26(31)32-18-33-27(23)36;1-4-7(5-2)6-3/h11-15,18-19,21,24-25,28H,16-17H2,1-10H3,(H,35,37)(H2,31,32,33);4-6H2,1-3H3/t21-,24-,25-,28-;/m1./s1. The number of amides is 1. The van der Waals surface area contributed by atoms with E-state index in [0.29, 0.717) is 16.7 Å². The number of benzene rings is 1. The van der Waals surface area contributed by atoms with Crippen LogP contribution in [0.4, 0.5) is 5.82 Å². The van der Waals surface area contributed by atoms with Crippen molar-refractivity contribution in [2.24, 2.45) is 0 Å². The largest absolute Gasteiger partial charge is 0.408 e. The highest BCUT2D eigenvalue weighted by Gasteiger charge is 2.55. The van der Waals surface area contributed by atoms with Crippen LogP contribution in [-0.4, -0.2) is 99.9 Å². The Morgan fingerprint density at radius 2 is 1.45 bits per heavy atom. The lowest BCUT2D eigenvalue weighted by atomic mass is 10.1. The summed E-state index contributed by atoms with van der Waals surface area (Å²) in [7, 11) is -9.44. The third-order valence-electron chi connectivity index (χ3n) is 10.6. The van der Waals surface area contributed by atoms with Crippen LogP contribution in [-0.2, 0) is 39.3 Å². The molecule has 3 heterocycles. The molecule has 2 aromatic heterocycles. The Bertz CT molecular complexity index is 1740. The molecule has 0 spiro atoms. The fraction of sp³-hybridized carbons (Fsp3) is 0.667. The summed E-state index contributed by atoms with van der Waals surface area (Å²) in [5, 5.41) is -0.345. The molecule has 17 heteroatoms. The maximum Gasteiger partial charge on any atom is 0.362 e. The zero-order valence-electron chi connectivity index (χ0n) is 34.0. The first-order chi connectivity index (χ1) is 24.5. The number of carbonyl (C=O) groups excluding carboxylic acids is 1. The van der Waals surface area contributed by atoms with Crippen LogP contribution < -0.4 is 10.5 Å². The third-order valence-corrected chi connectivity index (χ3v) is 20.5. The van der Waals surface area contributed by atoms with Crippen LogP contribution in [0.15, 0.2) is 43.0 Å². The molecule has 1 aromatic carbocycles. The number of hydrogen-bond acceptors (Lipinski definition) is 12. The van der Waals surface area contributed by atoms with Crippen LogP contribution >= 0.6 is 0 Å². The van der Waals surface area contributed by atoms with E-state index in [0.717, 1.165) is 0 Å². The van der Waals surface area contributed by atoms with E-state index in [1.165, 1.54) is 26.0 Å². The van der Waals surface area contributed by atoms with Gasteiger partial charge < -0.3 is 24.2 Å². The number of anilines is 1. The van der Waals surface area contributed by atoms with Gasteiger partial charge in [0.15, 0.2) is 34.3 Å². The van der Waals surface area contributed by atoms with Crippen molar-refractivity contribution in [2.45, 2.75) is 130 Å². The number of hydrogen-bond donors (Lipinski definition) is 2. The van der Waals surface area contributed by atoms with Gasteiger partial charge in [-0.25, -0.2) is 19.7 Å². The van der Waals surface area contributed by atoms with E-state index in [4.69, 9.17) is 23.5 Å². The zero-order valence-corrected chi connectivity index (χ0v) is 36.8. The number of nitrogens with zero attached hydrogens (tertiary/aromatic N) is 5. The summed E-state index contributed by atoms with van der Waals surface area (Å²) in [6.45, 7) is 31.0. The van der Waals surface area contributed by atoms with Crippen molar-refractivity contribution in [3.05, 3.63) is 48.5 Å². The van der Waals surface area contributed by atoms with Gasteiger partial charge in [0, 0.05) is 0 Å². The number of nitrogens with one attached hydrogen (secondary N) is 1. The molecule has 1 amide bonds. The van der Waals surface area contributed by atoms with Crippen molar-refractivity contribution in [3.8, 4) is 0 Å². The maximum absolute atomic E-state index is 13.0. The molecular weight excluding hydrogens is 731 g/mol. The van der Waals surface area contributed by atoms with Gasteiger partial charge in [0.05, 0.1) is 19.4 Å². The summed E-state index contributed by atoms with van der Waals surface area (Å²) in [6.07, 6.45) is -0.333. The molecule has 1 saturated heterocycles. The molecule has 0 bridgehead atoms. The van der Waals surface area contributed by atoms with E-state index < -0.39 is 64.0 Å². The summed E-state index contributed by atoms with van der Waals surface area (Å²) >= 11 is 0. The van der Waals surface area contributed by atoms with Gasteiger partial charge in [0.1, 0.15) is 30.2 Å². The van der Waals surface area contributed by atoms with Gasteiger partial charge in [-0.1, -0.05) is 92.6 Å². The third kappa shape index (κ3) is 11.6. The number of nitrogens with two attached hydrogens (primary N) is 1. The Morgan fingerprint density at radius 1 is 0.906 bits per heavy atom. The molecule has 1 fully saturated rings. The lowest BCUT2D eigenvalue weighted by molar-refractivity contribution is -0.118. The number of imidazole rings is 1. The maximum atomic E-state index is 13.0. The quantitative estimate of drug-likeness (QED) is 0.181. The lowest BCUT2D eigenvalue weighted by Crippen LogP contribution is -2.54. The molecule has 3 N–H and O–H groups in total. The molecule has 4 atom stereocenters. The van der Waals surface area contributed by atoms with Crippen LogP contribution in [0.5, 0.6) is 0 Å². The summed E-state index contributed by atoms with van der Waals surface area (Å²) in [6, 6.07) is 8.84. The Balaban J connectivity index is 0.000000980. The van der Waals surface area contributed by atoms with Gasteiger partial charge in [-0.05, 0) is 61.5 Å². The highest BCUT2D eigenvalue weighted by atomic mass is 32.2. The first-order valence-corrected chi connectivity index (χ1v) is 25.6. The molecule has 1 aliphatic rings. The Kier molecular flexibility index (Phi) is 15.0. The van der Waals surface area contributed by atoms with Gasteiger partial charge in [-0.3, -0.25) is 13.5 Å². The molecule has 0 radical (unpaired) electrons. The number of ether oxygens (including phenoxy) is 1. The Labute approximate surface area is 319 Å². The van der Waals surface area contributed by atoms with E-state index in [9.17, 15) is 13.2 Å². The highest BCUT2D eigenvalue weighted by Crippen LogP contribution is 2.46. The first kappa shape index (κ1) is 44.6. The fourth-order valence-electron chi connectivity index (χ4n) is 5.24. The summed E-state index contributed by atoms with van der Waals surface area (Å²) in [5.74, 6) is -0.498. The molecule has 3 aromatic rings. The summed E-state index contributed by atoms with van der Waals surface area (Å²) < 4.78 is 55.8. The van der Waals surface area contributed by atoms with Crippen molar-refractivity contribution in [1.29, 1.82) is 0 Å². The van der Waals surface area contributed by atoms with Gasteiger partial charge in [0.25, 0.3) is 0 Å². The van der Waals surface area contributed by atoms with Gasteiger partial charge >= 0.3 is 10.3 Å². The van der Waals surface area contributed by atoms with Gasteiger partial charge in [0.2, 0.25) is 5.91 Å². The van der Waals surface area contributed by atoms with Crippen LogP contribution in [0, 0.1) is 0 Å². The van der Waals surface area contributed by atoms with Crippen LogP contribution in [0.1, 0.15) is 74.1 Å². The summed E-state index contributed by atoms with van der Waals surface area (Å²) in [5.41, 5.74) is 7.61. The number of carbonyl (C=O) groups is 1. The molecule has 4 rings (SSSR count). The fourth-order valence-corrected chi connectivity index (χ4v) is 8.57. The van der Waals surface area contributed by atoms with Crippen molar-refractivity contribution in [2.75, 3.05) is 32.0 Å². The summed E-state index contributed by atoms with van der Waals surface area (Å²) in [4.78, 5) is 27.9. The Morgan fingerprint density at radius 3 is 1.96 bits per heavy atom. The van der Waals surface area contributed by atoms with Gasteiger partial charge in [-0.15, -0.1) is 0 Å². The molecular formula is C36H63N7O7SSi2. The second kappa shape index (κ2) is 17.8. The first-order valence-electron chi connectivity index (χ1n) is 18.4. The topological polar surface area (TPSA) is 173 Å². The second-order valence-corrected chi connectivity index (χ2v) is 27.2. The SMILES string of the molecule is CC(C)(C)[Si](C)(C)O[C@@H]1[C@H](O[Si](C)(C)C(C)(C)C)[C@@H](COS(=O)(=O)NC(=O)Cc2ccccc2)O[C@H]1n1cnc2c(N)ncnc21.CCN(CC)CC. The smallest absolute Gasteiger partial charge is 0.362 e. The van der Waals surface area contributed by atoms with Crippen LogP contribution in [0.3, 0.4) is 0 Å². The van der Waals surface area contributed by atoms with Crippen LogP contribution in [0.2, 0.25) is 36.3 Å². The van der Waals surface area contributed by atoms with Crippen molar-refractivity contribution in [1.82, 2.24) is 29.1 Å². The normalized spacial score (nSPS) is 20.0. The molecule has 298 valence electrons. The van der Waals surface area contributed by atoms with Crippen molar-refractivity contribution < 1.29 is 31.0 Å². The second-order valence-electron chi connectivity index (χ2n) is 16.4. The van der Waals surface area contributed by atoms with Gasteiger partial charge in [-0.2, -0.15) is 8.42 Å². The van der Waals surface area contributed by atoms with Crippen LogP contribution in [0.25, 0.3) is 11.2 Å². The number of rotatable bonds is 14. The van der Waals surface area contributed by atoms with E-state index >= 15 is 0 Å². The predicted octanol–water partition coefficient (Wildman–Crippen LogP) is 6.06. The average molecular weight is 794 g/mol. The Hall–Kier alpha value is -2.78. The molecule has 0 saturated carbocycles. The number of fused-ring (bicyclic) bond motifs is 1. The minimum atomic E-state index is -4.48. The molecule has 0 aliphatic carbocycles.